The van der Waals surface area contributed by atoms with Crippen molar-refractivity contribution < 1.29 is 4.74 Å². The molecule has 126 valence electrons. The molecule has 0 bridgehead atoms. The van der Waals surface area contributed by atoms with Crippen LogP contribution in [0, 0.1) is 0 Å². The molecule has 0 radical (unpaired) electrons. The van der Waals surface area contributed by atoms with Gasteiger partial charge in [0.15, 0.2) is 0 Å². The minimum atomic E-state index is 0.0822. The first-order valence-corrected chi connectivity index (χ1v) is 8.37. The Hall–Kier alpha value is -2.48. The van der Waals surface area contributed by atoms with E-state index in [-0.39, 0.29) is 6.10 Å². The van der Waals surface area contributed by atoms with Crippen LogP contribution in [0.1, 0.15) is 31.4 Å². The van der Waals surface area contributed by atoms with Crippen molar-refractivity contribution in [2.24, 2.45) is 0 Å². The van der Waals surface area contributed by atoms with E-state index in [0.29, 0.717) is 6.04 Å². The van der Waals surface area contributed by atoms with Crippen molar-refractivity contribution in [2.75, 3.05) is 7.05 Å². The van der Waals surface area contributed by atoms with Crippen LogP contribution in [-0.4, -0.2) is 24.1 Å². The molecule has 2 heteroatoms. The Morgan fingerprint density at radius 2 is 1.42 bits per heavy atom. The van der Waals surface area contributed by atoms with Crippen LogP contribution in [0.4, 0.5) is 0 Å². The molecule has 2 rings (SSSR count). The second kappa shape index (κ2) is 8.39. The minimum absolute atomic E-state index is 0.0822. The summed E-state index contributed by atoms with van der Waals surface area (Å²) in [7, 11) is 2.08. The normalized spacial score (nSPS) is 13.0. The second-order valence-electron chi connectivity index (χ2n) is 6.23. The molecule has 0 saturated carbocycles. The standard InChI is InChI=1S/C22H27NO/c1-17(23(5)19(3)21-12-8-6-9-13-21)16-18(2)24-20(4)22-14-10-7-11-15-22/h6-15,17-18H,3-4,16H2,1-2,5H3. The molecule has 0 N–H and O–H groups in total. The highest BCUT2D eigenvalue weighted by Crippen LogP contribution is 2.22. The predicted octanol–water partition coefficient (Wildman–Crippen LogP) is 5.44. The van der Waals surface area contributed by atoms with Gasteiger partial charge in [-0.3, -0.25) is 0 Å². The van der Waals surface area contributed by atoms with Gasteiger partial charge in [-0.1, -0.05) is 73.8 Å². The second-order valence-corrected chi connectivity index (χ2v) is 6.23. The molecule has 2 unspecified atom stereocenters. The summed E-state index contributed by atoms with van der Waals surface area (Å²) in [6.45, 7) is 12.6. The van der Waals surface area contributed by atoms with Gasteiger partial charge in [0.2, 0.25) is 0 Å². The summed E-state index contributed by atoms with van der Waals surface area (Å²) in [5.74, 6) is 0.722. The van der Waals surface area contributed by atoms with Gasteiger partial charge >= 0.3 is 0 Å². The van der Waals surface area contributed by atoms with Crippen LogP contribution in [0.15, 0.2) is 73.8 Å². The molecule has 0 aliphatic heterocycles. The number of ether oxygens (including phenoxy) is 1. The number of hydrogen-bond donors (Lipinski definition) is 0. The summed E-state index contributed by atoms with van der Waals surface area (Å²) < 4.78 is 5.99. The molecule has 0 aliphatic carbocycles. The van der Waals surface area contributed by atoms with Crippen molar-refractivity contribution in [3.8, 4) is 0 Å². The summed E-state index contributed by atoms with van der Waals surface area (Å²) in [6.07, 6.45) is 0.979. The van der Waals surface area contributed by atoms with Crippen molar-refractivity contribution >= 4 is 11.5 Å². The van der Waals surface area contributed by atoms with E-state index in [1.54, 1.807) is 0 Å². The number of hydrogen-bond acceptors (Lipinski definition) is 2. The third-order valence-corrected chi connectivity index (χ3v) is 4.31. The fourth-order valence-corrected chi connectivity index (χ4v) is 2.72. The van der Waals surface area contributed by atoms with Crippen molar-refractivity contribution in [1.82, 2.24) is 4.90 Å². The Labute approximate surface area is 146 Å². The third kappa shape index (κ3) is 4.76. The lowest BCUT2D eigenvalue weighted by molar-refractivity contribution is 0.148. The minimum Gasteiger partial charge on any atom is -0.491 e. The maximum absolute atomic E-state index is 5.99. The van der Waals surface area contributed by atoms with Gasteiger partial charge in [0.1, 0.15) is 5.76 Å². The van der Waals surface area contributed by atoms with E-state index in [1.165, 1.54) is 0 Å². The third-order valence-electron chi connectivity index (χ3n) is 4.31. The molecule has 0 heterocycles. The maximum atomic E-state index is 5.99. The largest absolute Gasteiger partial charge is 0.491 e. The number of nitrogens with zero attached hydrogens (tertiary/aromatic N) is 1. The zero-order chi connectivity index (χ0) is 17.5. The molecule has 2 aromatic rings. The fraction of sp³-hybridized carbons (Fsp3) is 0.273. The molecular formula is C22H27NO. The van der Waals surface area contributed by atoms with Gasteiger partial charge < -0.3 is 9.64 Å². The smallest absolute Gasteiger partial charge is 0.119 e. The van der Waals surface area contributed by atoms with Gasteiger partial charge in [0.05, 0.1) is 6.10 Å². The highest BCUT2D eigenvalue weighted by Gasteiger charge is 2.17. The molecule has 0 saturated heterocycles. The van der Waals surface area contributed by atoms with Gasteiger partial charge in [-0.05, 0) is 19.4 Å². The lowest BCUT2D eigenvalue weighted by Gasteiger charge is -2.31. The van der Waals surface area contributed by atoms with Gasteiger partial charge in [-0.15, -0.1) is 0 Å². The summed E-state index contributed by atoms with van der Waals surface area (Å²) >= 11 is 0. The first-order valence-electron chi connectivity index (χ1n) is 8.37. The molecule has 2 nitrogen and oxygen atoms in total. The van der Waals surface area contributed by atoms with Crippen LogP contribution in [0.25, 0.3) is 11.5 Å². The van der Waals surface area contributed by atoms with E-state index in [4.69, 9.17) is 4.74 Å². The van der Waals surface area contributed by atoms with Gasteiger partial charge in [-0.25, -0.2) is 0 Å². The van der Waals surface area contributed by atoms with Crippen molar-refractivity contribution in [2.45, 2.75) is 32.4 Å². The fourth-order valence-electron chi connectivity index (χ4n) is 2.72. The summed E-state index contributed by atoms with van der Waals surface area (Å²) in [4.78, 5) is 2.21. The zero-order valence-corrected chi connectivity index (χ0v) is 14.9. The summed E-state index contributed by atoms with van der Waals surface area (Å²) in [5, 5.41) is 0. The molecule has 2 atom stereocenters. The zero-order valence-electron chi connectivity index (χ0n) is 14.9. The van der Waals surface area contributed by atoms with Gasteiger partial charge in [-0.2, -0.15) is 0 Å². The average molecular weight is 321 g/mol. The first kappa shape index (κ1) is 17.9. The van der Waals surface area contributed by atoms with Crippen molar-refractivity contribution in [1.29, 1.82) is 0 Å². The number of rotatable bonds is 8. The monoisotopic (exact) mass is 321 g/mol. The average Bonchev–Trinajstić information content (AvgIpc) is 2.61. The molecule has 0 aromatic heterocycles. The lowest BCUT2D eigenvalue weighted by Crippen LogP contribution is -2.30. The maximum Gasteiger partial charge on any atom is 0.119 e. The van der Waals surface area contributed by atoms with Crippen LogP contribution in [0.3, 0.4) is 0 Å². The Morgan fingerprint density at radius 3 is 1.96 bits per heavy atom. The van der Waals surface area contributed by atoms with Crippen LogP contribution < -0.4 is 0 Å². The number of benzene rings is 2. The molecular weight excluding hydrogens is 294 g/mol. The highest BCUT2D eigenvalue weighted by atomic mass is 16.5. The van der Waals surface area contributed by atoms with E-state index >= 15 is 0 Å². The Morgan fingerprint density at radius 1 is 0.917 bits per heavy atom. The molecule has 0 amide bonds. The van der Waals surface area contributed by atoms with Crippen LogP contribution >= 0.6 is 0 Å². The highest BCUT2D eigenvalue weighted by molar-refractivity contribution is 5.61. The van der Waals surface area contributed by atoms with Crippen molar-refractivity contribution in [3.05, 3.63) is 84.9 Å². The predicted molar refractivity (Wildman–Crippen MR) is 103 cm³/mol. The Kier molecular flexibility index (Phi) is 6.25. The van der Waals surface area contributed by atoms with E-state index in [1.807, 2.05) is 48.5 Å². The van der Waals surface area contributed by atoms with E-state index in [9.17, 15) is 0 Å². The van der Waals surface area contributed by atoms with E-state index in [0.717, 1.165) is 29.0 Å². The van der Waals surface area contributed by atoms with Crippen LogP contribution in [0.2, 0.25) is 0 Å². The molecule has 0 aliphatic rings. The molecule has 0 spiro atoms. The molecule has 24 heavy (non-hydrogen) atoms. The lowest BCUT2D eigenvalue weighted by atomic mass is 10.1. The Balaban J connectivity index is 1.90. The van der Waals surface area contributed by atoms with Gasteiger partial charge in [0.25, 0.3) is 0 Å². The molecule has 2 aromatic carbocycles. The Bertz CT molecular complexity index is 663. The quantitative estimate of drug-likeness (QED) is 0.600. The van der Waals surface area contributed by atoms with Crippen LogP contribution in [-0.2, 0) is 4.74 Å². The first-order chi connectivity index (χ1) is 11.5. The summed E-state index contributed by atoms with van der Waals surface area (Å²) in [5.41, 5.74) is 3.20. The van der Waals surface area contributed by atoms with Gasteiger partial charge in [0, 0.05) is 30.8 Å². The van der Waals surface area contributed by atoms with E-state index in [2.05, 4.69) is 51.1 Å². The van der Waals surface area contributed by atoms with Crippen molar-refractivity contribution in [3.63, 3.8) is 0 Å². The van der Waals surface area contributed by atoms with E-state index < -0.39 is 0 Å². The SMILES string of the molecule is C=C(OC(C)CC(C)N(C)C(=C)c1ccccc1)c1ccccc1. The summed E-state index contributed by atoms with van der Waals surface area (Å²) in [6, 6.07) is 20.6. The topological polar surface area (TPSA) is 12.5 Å². The molecule has 0 fully saturated rings. The van der Waals surface area contributed by atoms with Crippen LogP contribution in [0.5, 0.6) is 0 Å².